The number of carbonyl (C=O) groups is 3. The van der Waals surface area contributed by atoms with Gasteiger partial charge >= 0.3 is 6.09 Å². The molecule has 168 valence electrons. The quantitative estimate of drug-likeness (QED) is 0.658. The van der Waals surface area contributed by atoms with Crippen LogP contribution in [0.1, 0.15) is 46.1 Å². The minimum Gasteiger partial charge on any atom is -0.436 e. The molecule has 0 aromatic heterocycles. The normalized spacial score (nSPS) is 19.0. The molecule has 1 heterocycles. The number of rotatable bonds is 8. The predicted octanol–water partition coefficient (Wildman–Crippen LogP) is 2.59. The molecule has 0 bridgehead atoms. The maximum Gasteiger partial charge on any atom is 0.408 e. The molecule has 0 saturated carbocycles. The lowest BCUT2D eigenvalue weighted by Crippen LogP contribution is -2.59. The number of alkyl carbamates (subject to hydrolysis) is 1. The Bertz CT molecular complexity index is 811. The van der Waals surface area contributed by atoms with Crippen LogP contribution in [0.4, 0.5) is 4.79 Å². The first-order valence-corrected chi connectivity index (χ1v) is 10.7. The summed E-state index contributed by atoms with van der Waals surface area (Å²) in [6, 6.07) is 11.5. The Kier molecular flexibility index (Phi) is 8.57. The number of imide groups is 1. The lowest BCUT2D eigenvalue weighted by atomic mass is 9.94. The van der Waals surface area contributed by atoms with E-state index in [0.29, 0.717) is 13.0 Å². The van der Waals surface area contributed by atoms with Gasteiger partial charge in [0.05, 0.1) is 6.07 Å². The third kappa shape index (κ3) is 6.28. The van der Waals surface area contributed by atoms with Gasteiger partial charge in [-0.1, -0.05) is 58.0 Å². The molecule has 0 spiro atoms. The average Bonchev–Trinajstić information content (AvgIpc) is 3.22. The fourth-order valence-corrected chi connectivity index (χ4v) is 3.52. The highest BCUT2D eigenvalue weighted by molar-refractivity contribution is 6.00. The van der Waals surface area contributed by atoms with Crippen LogP contribution < -0.4 is 10.6 Å². The number of nitrogens with zero attached hydrogens (tertiary/aromatic N) is 2. The molecule has 1 saturated heterocycles. The molecule has 31 heavy (non-hydrogen) atoms. The minimum atomic E-state index is -1.28. The van der Waals surface area contributed by atoms with Crippen molar-refractivity contribution in [2.24, 2.45) is 11.8 Å². The zero-order chi connectivity index (χ0) is 23.0. The number of amides is 3. The Balaban J connectivity index is 2.22. The van der Waals surface area contributed by atoms with Crippen LogP contribution in [0.2, 0.25) is 0 Å². The molecule has 1 aliphatic rings. The number of hydrogen-bond donors (Lipinski definition) is 2. The summed E-state index contributed by atoms with van der Waals surface area (Å²) < 4.78 is 5.48. The number of carbonyl (C=O) groups excluding carboxylic acids is 3. The van der Waals surface area contributed by atoms with E-state index < -0.39 is 35.5 Å². The fourth-order valence-electron chi connectivity index (χ4n) is 3.52. The molecular weight excluding hydrogens is 396 g/mol. The van der Waals surface area contributed by atoms with Crippen molar-refractivity contribution in [1.82, 2.24) is 15.5 Å². The first kappa shape index (κ1) is 24.4. The van der Waals surface area contributed by atoms with E-state index >= 15 is 0 Å². The van der Waals surface area contributed by atoms with Crippen molar-refractivity contribution in [2.75, 3.05) is 13.1 Å². The van der Waals surface area contributed by atoms with Gasteiger partial charge in [0.2, 0.25) is 5.91 Å². The first-order chi connectivity index (χ1) is 14.7. The van der Waals surface area contributed by atoms with E-state index in [1.54, 1.807) is 13.8 Å². The van der Waals surface area contributed by atoms with Crippen molar-refractivity contribution in [3.8, 4) is 6.07 Å². The lowest BCUT2D eigenvalue weighted by Gasteiger charge is -2.37. The van der Waals surface area contributed by atoms with Crippen molar-refractivity contribution in [3.05, 3.63) is 35.9 Å². The van der Waals surface area contributed by atoms with E-state index in [4.69, 9.17) is 4.74 Å². The third-order valence-electron chi connectivity index (χ3n) is 5.19. The third-order valence-corrected chi connectivity index (χ3v) is 5.19. The molecule has 2 atom stereocenters. The molecule has 2 unspecified atom stereocenters. The molecule has 8 heteroatoms. The summed E-state index contributed by atoms with van der Waals surface area (Å²) >= 11 is 0. The highest BCUT2D eigenvalue weighted by Gasteiger charge is 2.49. The van der Waals surface area contributed by atoms with Gasteiger partial charge in [-0.3, -0.25) is 14.5 Å². The van der Waals surface area contributed by atoms with Crippen LogP contribution in [0.15, 0.2) is 30.3 Å². The van der Waals surface area contributed by atoms with Gasteiger partial charge in [0.1, 0.15) is 0 Å². The van der Waals surface area contributed by atoms with Gasteiger partial charge in [0, 0.05) is 19.0 Å². The molecular formula is C23H32N4O4. The molecule has 1 fully saturated rings. The fraction of sp³-hybridized carbons (Fsp3) is 0.565. The molecule has 1 aromatic carbocycles. The van der Waals surface area contributed by atoms with Gasteiger partial charge in [0.25, 0.3) is 5.91 Å². The molecule has 2 N–H and O–H groups in total. The van der Waals surface area contributed by atoms with Crippen LogP contribution in [0, 0.1) is 23.2 Å². The summed E-state index contributed by atoms with van der Waals surface area (Å²) in [5.41, 5.74) is -0.388. The Morgan fingerprint density at radius 1 is 1.19 bits per heavy atom. The Morgan fingerprint density at radius 2 is 1.87 bits per heavy atom. The molecule has 2 rings (SSSR count). The van der Waals surface area contributed by atoms with E-state index in [1.807, 2.05) is 44.2 Å². The number of hydrogen-bond acceptors (Lipinski definition) is 6. The minimum absolute atomic E-state index is 0.0339. The van der Waals surface area contributed by atoms with Crippen LogP contribution in [0.25, 0.3) is 0 Å². The zero-order valence-electron chi connectivity index (χ0n) is 18.7. The molecule has 8 nitrogen and oxygen atoms in total. The van der Waals surface area contributed by atoms with Crippen molar-refractivity contribution in [2.45, 2.75) is 58.7 Å². The average molecular weight is 429 g/mol. The van der Waals surface area contributed by atoms with E-state index in [2.05, 4.69) is 16.7 Å². The van der Waals surface area contributed by atoms with Crippen molar-refractivity contribution in [1.29, 1.82) is 5.26 Å². The van der Waals surface area contributed by atoms with E-state index in [0.717, 1.165) is 10.5 Å². The topological polar surface area (TPSA) is 112 Å². The van der Waals surface area contributed by atoms with Crippen LogP contribution in [-0.4, -0.2) is 47.5 Å². The van der Waals surface area contributed by atoms with Crippen molar-refractivity contribution >= 4 is 17.9 Å². The van der Waals surface area contributed by atoms with E-state index in [9.17, 15) is 19.6 Å². The van der Waals surface area contributed by atoms with Crippen LogP contribution in [-0.2, 0) is 20.9 Å². The van der Waals surface area contributed by atoms with E-state index in [1.165, 1.54) is 0 Å². The Labute approximate surface area is 183 Å². The second-order valence-corrected chi connectivity index (χ2v) is 8.60. The molecule has 1 aliphatic heterocycles. The monoisotopic (exact) mass is 428 g/mol. The number of benzene rings is 1. The number of nitrogens with one attached hydrogen (secondary N) is 2. The van der Waals surface area contributed by atoms with Crippen LogP contribution >= 0.6 is 0 Å². The Hall–Kier alpha value is -2.92. The summed E-state index contributed by atoms with van der Waals surface area (Å²) in [6.07, 6.45) is -1.32. The van der Waals surface area contributed by atoms with Crippen LogP contribution in [0.5, 0.6) is 0 Å². The summed E-state index contributed by atoms with van der Waals surface area (Å²) in [5.74, 6) is -1.54. The smallest absolute Gasteiger partial charge is 0.408 e. The highest BCUT2D eigenvalue weighted by atomic mass is 16.6. The summed E-state index contributed by atoms with van der Waals surface area (Å²) in [4.78, 5) is 40.0. The second-order valence-electron chi connectivity index (χ2n) is 8.60. The van der Waals surface area contributed by atoms with Crippen molar-refractivity contribution < 1.29 is 19.1 Å². The maximum absolute atomic E-state index is 13.5. The summed E-state index contributed by atoms with van der Waals surface area (Å²) in [7, 11) is 0. The summed E-state index contributed by atoms with van der Waals surface area (Å²) in [5, 5.41) is 15.6. The van der Waals surface area contributed by atoms with Gasteiger partial charge in [-0.2, -0.15) is 5.26 Å². The number of ether oxygens (including phenoxy) is 1. The van der Waals surface area contributed by atoms with Gasteiger partial charge in [-0.15, -0.1) is 0 Å². The van der Waals surface area contributed by atoms with Crippen LogP contribution in [0.3, 0.4) is 0 Å². The maximum atomic E-state index is 13.5. The second kappa shape index (κ2) is 10.9. The molecule has 1 aromatic rings. The molecule has 0 radical (unpaired) electrons. The van der Waals surface area contributed by atoms with Crippen molar-refractivity contribution in [3.63, 3.8) is 0 Å². The summed E-state index contributed by atoms with van der Waals surface area (Å²) in [6.45, 7) is 8.14. The van der Waals surface area contributed by atoms with Gasteiger partial charge in [0.15, 0.2) is 11.6 Å². The standard InChI is InChI=1S/C23H32N4O4/c1-16(2)12-19(31-22(30)26-13-18-8-6-5-7-9-18)21(29)27(20(28)17(3)4)23(14-24)10-11-25-15-23/h5-9,16-17,19,25H,10-13,15H2,1-4H3,(H,26,30). The lowest BCUT2D eigenvalue weighted by molar-refractivity contribution is -0.158. The zero-order valence-corrected chi connectivity index (χ0v) is 18.7. The largest absolute Gasteiger partial charge is 0.436 e. The van der Waals surface area contributed by atoms with Gasteiger partial charge < -0.3 is 15.4 Å². The van der Waals surface area contributed by atoms with Gasteiger partial charge in [-0.05, 0) is 30.9 Å². The first-order valence-electron chi connectivity index (χ1n) is 10.7. The molecule has 3 amide bonds. The Morgan fingerprint density at radius 3 is 2.39 bits per heavy atom. The number of nitriles is 1. The van der Waals surface area contributed by atoms with E-state index in [-0.39, 0.29) is 25.4 Å². The molecule has 0 aliphatic carbocycles. The SMILES string of the molecule is CC(C)CC(OC(=O)NCc1ccccc1)C(=O)N(C(=O)C(C)C)C1(C#N)CCNC1. The highest BCUT2D eigenvalue weighted by Crippen LogP contribution is 2.27. The van der Waals surface area contributed by atoms with Gasteiger partial charge in [-0.25, -0.2) is 4.79 Å². The predicted molar refractivity (Wildman–Crippen MR) is 116 cm³/mol.